The monoisotopic (exact) mass is 297 g/mol. The van der Waals surface area contributed by atoms with Gasteiger partial charge in [-0.1, -0.05) is 24.3 Å². The predicted molar refractivity (Wildman–Crippen MR) is 85.1 cm³/mol. The lowest BCUT2D eigenvalue weighted by atomic mass is 10.00. The van der Waals surface area contributed by atoms with Crippen LogP contribution in [0.25, 0.3) is 0 Å². The number of hydrogen-bond donors (Lipinski definition) is 1. The molecule has 0 aliphatic carbocycles. The van der Waals surface area contributed by atoms with Crippen molar-refractivity contribution >= 4 is 17.5 Å². The highest BCUT2D eigenvalue weighted by atomic mass is 16.4. The normalized spacial score (nSPS) is 15.3. The number of likely N-dealkylation sites (tertiary alicyclic amines) is 1. The van der Waals surface area contributed by atoms with Gasteiger partial charge in [0.05, 0.1) is 5.92 Å². The molecule has 1 N–H and O–H groups in total. The Morgan fingerprint density at radius 2 is 2.00 bits per heavy atom. The predicted octanol–water partition coefficient (Wildman–Crippen LogP) is 2.37. The van der Waals surface area contributed by atoms with Gasteiger partial charge in [0.2, 0.25) is 0 Å². The van der Waals surface area contributed by atoms with Gasteiger partial charge in [-0.05, 0) is 23.8 Å². The number of nitrogens with zero attached hydrogens (tertiary/aromatic N) is 3. The number of para-hydroxylation sites is 1. The Bertz CT molecular complexity index is 637. The molecule has 0 bridgehead atoms. The number of anilines is 2. The minimum atomic E-state index is -0.700. The summed E-state index contributed by atoms with van der Waals surface area (Å²) in [4.78, 5) is 19.4. The van der Waals surface area contributed by atoms with E-state index in [1.807, 2.05) is 54.5 Å². The summed E-state index contributed by atoms with van der Waals surface area (Å²) in [5.74, 6) is -0.0207. The fourth-order valence-electron chi connectivity index (χ4n) is 2.61. The van der Waals surface area contributed by atoms with Gasteiger partial charge in [0.15, 0.2) is 0 Å². The van der Waals surface area contributed by atoms with Crippen molar-refractivity contribution in [3.8, 4) is 0 Å². The van der Waals surface area contributed by atoms with Crippen LogP contribution in [-0.4, -0.2) is 41.1 Å². The first-order valence-corrected chi connectivity index (χ1v) is 7.32. The molecule has 22 heavy (non-hydrogen) atoms. The summed E-state index contributed by atoms with van der Waals surface area (Å²) in [5.41, 5.74) is 2.20. The molecular formula is C17H19N3O2. The maximum absolute atomic E-state index is 10.8. The quantitative estimate of drug-likeness (QED) is 0.918. The highest BCUT2D eigenvalue weighted by Gasteiger charge is 2.32. The molecule has 5 nitrogen and oxygen atoms in total. The number of rotatable bonds is 5. The molecule has 1 aliphatic rings. The second kappa shape index (κ2) is 6.15. The molecule has 2 heterocycles. The first kappa shape index (κ1) is 14.5. The summed E-state index contributed by atoms with van der Waals surface area (Å²) in [6.45, 7) is 2.01. The number of carbonyl (C=O) groups is 1. The SMILES string of the molecule is CN(c1ccccc1)c1ccc(CN2CC(C(=O)O)C2)cn1. The first-order valence-electron chi connectivity index (χ1n) is 7.32. The number of aromatic nitrogens is 1. The van der Waals surface area contributed by atoms with Crippen LogP contribution in [0.1, 0.15) is 5.56 Å². The Labute approximate surface area is 129 Å². The molecule has 1 aliphatic heterocycles. The zero-order valence-electron chi connectivity index (χ0n) is 12.5. The Hall–Kier alpha value is -2.40. The van der Waals surface area contributed by atoms with Crippen molar-refractivity contribution in [2.24, 2.45) is 5.92 Å². The van der Waals surface area contributed by atoms with E-state index < -0.39 is 5.97 Å². The van der Waals surface area contributed by atoms with E-state index in [0.29, 0.717) is 13.1 Å². The Morgan fingerprint density at radius 1 is 1.27 bits per heavy atom. The Balaban J connectivity index is 1.60. The number of pyridine rings is 1. The van der Waals surface area contributed by atoms with Gasteiger partial charge < -0.3 is 10.0 Å². The topological polar surface area (TPSA) is 56.7 Å². The van der Waals surface area contributed by atoms with Crippen molar-refractivity contribution in [3.63, 3.8) is 0 Å². The molecular weight excluding hydrogens is 278 g/mol. The van der Waals surface area contributed by atoms with E-state index in [9.17, 15) is 4.79 Å². The van der Waals surface area contributed by atoms with Crippen LogP contribution in [0.4, 0.5) is 11.5 Å². The molecule has 0 atom stereocenters. The van der Waals surface area contributed by atoms with Crippen molar-refractivity contribution in [2.45, 2.75) is 6.54 Å². The molecule has 0 saturated carbocycles. The Kier molecular flexibility index (Phi) is 4.06. The minimum Gasteiger partial charge on any atom is -0.481 e. The van der Waals surface area contributed by atoms with Crippen LogP contribution in [0.2, 0.25) is 0 Å². The highest BCUT2D eigenvalue weighted by molar-refractivity contribution is 5.71. The van der Waals surface area contributed by atoms with Gasteiger partial charge in [-0.25, -0.2) is 4.98 Å². The van der Waals surface area contributed by atoms with Gasteiger partial charge in [-0.3, -0.25) is 9.69 Å². The zero-order chi connectivity index (χ0) is 15.5. The number of hydrogen-bond acceptors (Lipinski definition) is 4. The van der Waals surface area contributed by atoms with Crippen LogP contribution in [0, 0.1) is 5.92 Å². The van der Waals surface area contributed by atoms with E-state index in [4.69, 9.17) is 5.11 Å². The number of carboxylic acid groups (broad SMARTS) is 1. The summed E-state index contributed by atoms with van der Waals surface area (Å²) in [6, 6.07) is 14.1. The van der Waals surface area contributed by atoms with E-state index in [1.54, 1.807) is 0 Å². The van der Waals surface area contributed by atoms with Crippen LogP contribution in [-0.2, 0) is 11.3 Å². The average Bonchev–Trinajstić information content (AvgIpc) is 2.51. The summed E-state index contributed by atoms with van der Waals surface area (Å²) >= 11 is 0. The van der Waals surface area contributed by atoms with E-state index in [-0.39, 0.29) is 5.92 Å². The molecule has 1 aromatic carbocycles. The van der Waals surface area contributed by atoms with E-state index in [2.05, 4.69) is 16.0 Å². The lowest BCUT2D eigenvalue weighted by Gasteiger charge is -2.36. The zero-order valence-corrected chi connectivity index (χ0v) is 12.5. The van der Waals surface area contributed by atoms with Crippen molar-refractivity contribution in [3.05, 3.63) is 54.2 Å². The molecule has 0 spiro atoms. The summed E-state index contributed by atoms with van der Waals surface area (Å²) < 4.78 is 0. The molecule has 2 aromatic rings. The molecule has 0 radical (unpaired) electrons. The maximum Gasteiger partial charge on any atom is 0.309 e. The fraction of sp³-hybridized carbons (Fsp3) is 0.294. The molecule has 0 amide bonds. The molecule has 114 valence electrons. The number of carboxylic acids is 1. The van der Waals surface area contributed by atoms with Gasteiger partial charge in [0.1, 0.15) is 5.82 Å². The lowest BCUT2D eigenvalue weighted by Crippen LogP contribution is -2.49. The van der Waals surface area contributed by atoms with Crippen molar-refractivity contribution in [2.75, 3.05) is 25.0 Å². The highest BCUT2D eigenvalue weighted by Crippen LogP contribution is 2.22. The summed E-state index contributed by atoms with van der Waals surface area (Å²) in [6.07, 6.45) is 1.86. The van der Waals surface area contributed by atoms with Crippen LogP contribution in [0.15, 0.2) is 48.7 Å². The molecule has 1 aromatic heterocycles. The first-order chi connectivity index (χ1) is 10.6. The molecule has 1 fully saturated rings. The standard InChI is InChI=1S/C17H19N3O2/c1-19(15-5-3-2-4-6-15)16-8-7-13(9-18-16)10-20-11-14(12-20)17(21)22/h2-9,14H,10-12H2,1H3,(H,21,22). The van der Waals surface area contributed by atoms with Gasteiger partial charge >= 0.3 is 5.97 Å². The molecule has 5 heteroatoms. The van der Waals surface area contributed by atoms with Crippen molar-refractivity contribution < 1.29 is 9.90 Å². The summed E-state index contributed by atoms with van der Waals surface area (Å²) in [5, 5.41) is 8.88. The number of aliphatic carboxylic acids is 1. The third kappa shape index (κ3) is 3.09. The average molecular weight is 297 g/mol. The maximum atomic E-state index is 10.8. The van der Waals surface area contributed by atoms with Gasteiger partial charge in [0, 0.05) is 38.6 Å². The second-order valence-corrected chi connectivity index (χ2v) is 5.65. The van der Waals surface area contributed by atoms with Crippen molar-refractivity contribution in [1.82, 2.24) is 9.88 Å². The largest absolute Gasteiger partial charge is 0.481 e. The van der Waals surface area contributed by atoms with E-state index in [1.165, 1.54) is 0 Å². The molecule has 1 saturated heterocycles. The Morgan fingerprint density at radius 3 is 2.59 bits per heavy atom. The van der Waals surface area contributed by atoms with Crippen molar-refractivity contribution in [1.29, 1.82) is 0 Å². The van der Waals surface area contributed by atoms with Crippen LogP contribution in [0.5, 0.6) is 0 Å². The number of benzene rings is 1. The molecule has 3 rings (SSSR count). The minimum absolute atomic E-state index is 0.212. The third-order valence-corrected chi connectivity index (χ3v) is 4.01. The van der Waals surface area contributed by atoms with Gasteiger partial charge in [-0.2, -0.15) is 0 Å². The van der Waals surface area contributed by atoms with E-state index in [0.717, 1.165) is 23.6 Å². The van der Waals surface area contributed by atoms with Gasteiger partial charge in [-0.15, -0.1) is 0 Å². The fourth-order valence-corrected chi connectivity index (χ4v) is 2.61. The smallest absolute Gasteiger partial charge is 0.309 e. The van der Waals surface area contributed by atoms with Crippen LogP contribution < -0.4 is 4.90 Å². The van der Waals surface area contributed by atoms with Gasteiger partial charge in [0.25, 0.3) is 0 Å². The van der Waals surface area contributed by atoms with Crippen LogP contribution >= 0.6 is 0 Å². The molecule has 0 unspecified atom stereocenters. The lowest BCUT2D eigenvalue weighted by molar-refractivity contribution is -0.147. The third-order valence-electron chi connectivity index (χ3n) is 4.01. The second-order valence-electron chi connectivity index (χ2n) is 5.65. The van der Waals surface area contributed by atoms with E-state index >= 15 is 0 Å². The summed E-state index contributed by atoms with van der Waals surface area (Å²) in [7, 11) is 1.99. The van der Waals surface area contributed by atoms with Crippen LogP contribution in [0.3, 0.4) is 0 Å².